The smallest absolute Gasteiger partial charge is 0.341 e. The summed E-state index contributed by atoms with van der Waals surface area (Å²) in [5.41, 5.74) is 2.69. The highest BCUT2D eigenvalue weighted by Gasteiger charge is 2.19. The molecule has 7 heteroatoms. The van der Waals surface area contributed by atoms with Crippen LogP contribution in [0.3, 0.4) is 0 Å². The van der Waals surface area contributed by atoms with E-state index in [0.29, 0.717) is 16.0 Å². The quantitative estimate of drug-likeness (QED) is 0.546. The molecule has 0 aliphatic carbocycles. The second-order valence-electron chi connectivity index (χ2n) is 6.54. The topological polar surface area (TPSA) is 81.4 Å². The van der Waals surface area contributed by atoms with Crippen molar-refractivity contribution in [3.63, 3.8) is 0 Å². The molecule has 0 atom stereocenters. The van der Waals surface area contributed by atoms with Gasteiger partial charge >= 0.3 is 5.97 Å². The summed E-state index contributed by atoms with van der Waals surface area (Å²) in [6, 6.07) is 12.8. The molecule has 3 aromatic rings. The van der Waals surface area contributed by atoms with Crippen molar-refractivity contribution in [1.29, 1.82) is 0 Å². The van der Waals surface area contributed by atoms with Crippen molar-refractivity contribution in [2.24, 2.45) is 0 Å². The van der Waals surface area contributed by atoms with Gasteiger partial charge in [-0.05, 0) is 35.7 Å². The van der Waals surface area contributed by atoms with Crippen LogP contribution >= 0.6 is 15.9 Å². The van der Waals surface area contributed by atoms with Crippen LogP contribution in [0.1, 0.15) is 41.3 Å². The van der Waals surface area contributed by atoms with Crippen LogP contribution in [0.5, 0.6) is 5.75 Å². The fraction of sp³-hybridized carbons (Fsp3) is 0.190. The van der Waals surface area contributed by atoms with Crippen molar-refractivity contribution in [3.8, 4) is 11.4 Å². The number of aliphatic carboxylic acids is 1. The molecule has 3 rings (SSSR count). The highest BCUT2D eigenvalue weighted by atomic mass is 79.9. The molecule has 0 radical (unpaired) electrons. The minimum absolute atomic E-state index is 0.214. The van der Waals surface area contributed by atoms with Crippen molar-refractivity contribution in [3.05, 3.63) is 76.0 Å². The largest absolute Gasteiger partial charge is 0.481 e. The highest BCUT2D eigenvalue weighted by Crippen LogP contribution is 2.27. The normalized spacial score (nSPS) is 10.9. The van der Waals surface area contributed by atoms with E-state index >= 15 is 0 Å². The molecule has 1 aromatic heterocycles. The Morgan fingerprint density at radius 3 is 2.68 bits per heavy atom. The number of benzene rings is 2. The molecule has 0 saturated heterocycles. The number of para-hydroxylation sites is 1. The predicted octanol–water partition coefficient (Wildman–Crippen LogP) is 4.45. The Morgan fingerprint density at radius 1 is 1.21 bits per heavy atom. The number of carboxylic acids is 1. The molecule has 0 fully saturated rings. The summed E-state index contributed by atoms with van der Waals surface area (Å²) in [6.07, 6.45) is 3.17. The summed E-state index contributed by atoms with van der Waals surface area (Å²) in [5.74, 6) is -0.888. The molecule has 0 spiro atoms. The van der Waals surface area contributed by atoms with E-state index in [1.54, 1.807) is 29.1 Å². The zero-order valence-electron chi connectivity index (χ0n) is 15.4. The monoisotopic (exact) mass is 442 g/mol. The molecule has 0 amide bonds. The number of hydrogen-bond acceptors (Lipinski definition) is 4. The van der Waals surface area contributed by atoms with Crippen molar-refractivity contribution in [1.82, 2.24) is 9.78 Å². The minimum Gasteiger partial charge on any atom is -0.481 e. The first kappa shape index (κ1) is 19.8. The fourth-order valence-corrected chi connectivity index (χ4v) is 3.22. The Kier molecular flexibility index (Phi) is 5.94. The van der Waals surface area contributed by atoms with Gasteiger partial charge in [0.1, 0.15) is 5.75 Å². The van der Waals surface area contributed by atoms with Gasteiger partial charge in [0, 0.05) is 10.7 Å². The number of rotatable bonds is 7. The number of ketones is 1. The molecule has 0 bridgehead atoms. The Balaban J connectivity index is 1.96. The molecule has 1 N–H and O–H groups in total. The van der Waals surface area contributed by atoms with Crippen LogP contribution in [0.4, 0.5) is 0 Å². The van der Waals surface area contributed by atoms with Crippen LogP contribution < -0.4 is 4.74 Å². The first-order valence-corrected chi connectivity index (χ1v) is 9.49. The van der Waals surface area contributed by atoms with Gasteiger partial charge in [0.2, 0.25) is 0 Å². The summed E-state index contributed by atoms with van der Waals surface area (Å²) in [6.45, 7) is 3.67. The summed E-state index contributed by atoms with van der Waals surface area (Å²) in [7, 11) is 0. The second-order valence-corrected chi connectivity index (χ2v) is 7.45. The number of carboxylic acid groups (broad SMARTS) is 1. The van der Waals surface area contributed by atoms with Crippen LogP contribution in [0, 0.1) is 0 Å². The zero-order valence-corrected chi connectivity index (χ0v) is 17.0. The van der Waals surface area contributed by atoms with Crippen molar-refractivity contribution < 1.29 is 19.4 Å². The van der Waals surface area contributed by atoms with E-state index in [2.05, 4.69) is 34.9 Å². The van der Waals surface area contributed by atoms with Gasteiger partial charge in [-0.15, -0.1) is 0 Å². The number of carbonyl (C=O) groups is 2. The minimum atomic E-state index is -1.11. The third-order valence-electron chi connectivity index (χ3n) is 4.19. The number of carbonyl (C=O) groups excluding carboxylic acids is 1. The van der Waals surface area contributed by atoms with Crippen LogP contribution in [-0.4, -0.2) is 33.2 Å². The number of nitrogens with zero attached hydrogens (tertiary/aromatic N) is 2. The molecule has 0 aliphatic rings. The van der Waals surface area contributed by atoms with E-state index in [1.165, 1.54) is 6.20 Å². The summed E-state index contributed by atoms with van der Waals surface area (Å²) in [4.78, 5) is 23.8. The van der Waals surface area contributed by atoms with Crippen LogP contribution in [0.25, 0.3) is 5.69 Å². The maximum atomic E-state index is 13.0. The highest BCUT2D eigenvalue weighted by molar-refractivity contribution is 9.10. The molecular weight excluding hydrogens is 424 g/mol. The summed E-state index contributed by atoms with van der Waals surface area (Å²) >= 11 is 3.34. The third-order valence-corrected chi connectivity index (χ3v) is 4.68. The van der Waals surface area contributed by atoms with E-state index < -0.39 is 12.6 Å². The molecule has 6 nitrogen and oxygen atoms in total. The Bertz CT molecular complexity index is 1030. The van der Waals surface area contributed by atoms with Crippen LogP contribution in [-0.2, 0) is 4.79 Å². The van der Waals surface area contributed by atoms with Crippen molar-refractivity contribution >= 4 is 27.7 Å². The molecule has 0 aliphatic heterocycles. The standard InChI is InChI=1S/C21H19BrN2O4/c1-13(2)16-5-3-4-6-18(16)24-11-14(10-23-24)21(27)17-9-15(22)7-8-19(17)28-12-20(25)26/h3-11,13H,12H2,1-2H3,(H,25,26). The Hall–Kier alpha value is -2.93. The maximum Gasteiger partial charge on any atom is 0.341 e. The average Bonchev–Trinajstić information content (AvgIpc) is 3.16. The van der Waals surface area contributed by atoms with Gasteiger partial charge in [0.25, 0.3) is 0 Å². The Morgan fingerprint density at radius 2 is 1.96 bits per heavy atom. The van der Waals surface area contributed by atoms with Gasteiger partial charge in [0.05, 0.1) is 23.0 Å². The zero-order chi connectivity index (χ0) is 20.3. The molecule has 2 aromatic carbocycles. The lowest BCUT2D eigenvalue weighted by molar-refractivity contribution is -0.139. The first-order chi connectivity index (χ1) is 13.4. The maximum absolute atomic E-state index is 13.0. The van der Waals surface area contributed by atoms with E-state index in [9.17, 15) is 9.59 Å². The molecule has 28 heavy (non-hydrogen) atoms. The second kappa shape index (κ2) is 8.39. The number of halogens is 1. The van der Waals surface area contributed by atoms with E-state index in [1.807, 2.05) is 24.3 Å². The van der Waals surface area contributed by atoms with E-state index in [0.717, 1.165) is 11.3 Å². The van der Waals surface area contributed by atoms with Crippen molar-refractivity contribution in [2.45, 2.75) is 19.8 Å². The SMILES string of the molecule is CC(C)c1ccccc1-n1cc(C(=O)c2cc(Br)ccc2OCC(=O)O)cn1. The van der Waals surface area contributed by atoms with Gasteiger partial charge in [-0.2, -0.15) is 5.10 Å². The summed E-state index contributed by atoms with van der Waals surface area (Å²) < 4.78 is 7.64. The average molecular weight is 443 g/mol. The van der Waals surface area contributed by atoms with Gasteiger partial charge in [-0.1, -0.05) is 48.0 Å². The molecule has 0 saturated carbocycles. The lowest BCUT2D eigenvalue weighted by atomic mass is 10.0. The van der Waals surface area contributed by atoms with Crippen molar-refractivity contribution in [2.75, 3.05) is 6.61 Å². The lowest BCUT2D eigenvalue weighted by Gasteiger charge is -2.12. The van der Waals surface area contributed by atoms with Crippen LogP contribution in [0.15, 0.2) is 59.3 Å². The lowest BCUT2D eigenvalue weighted by Crippen LogP contribution is -2.12. The van der Waals surface area contributed by atoms with E-state index in [4.69, 9.17) is 9.84 Å². The number of aromatic nitrogens is 2. The molecule has 1 heterocycles. The van der Waals surface area contributed by atoms with Gasteiger partial charge in [-0.3, -0.25) is 4.79 Å². The van der Waals surface area contributed by atoms with Crippen LogP contribution in [0.2, 0.25) is 0 Å². The fourth-order valence-electron chi connectivity index (χ4n) is 2.86. The first-order valence-electron chi connectivity index (χ1n) is 8.69. The third kappa shape index (κ3) is 4.31. The van der Waals surface area contributed by atoms with Gasteiger partial charge in [-0.25, -0.2) is 9.48 Å². The molecule has 0 unspecified atom stereocenters. The predicted molar refractivity (Wildman–Crippen MR) is 108 cm³/mol. The number of hydrogen-bond donors (Lipinski definition) is 1. The molecule has 144 valence electrons. The number of ether oxygens (including phenoxy) is 1. The summed E-state index contributed by atoms with van der Waals surface area (Å²) in [5, 5.41) is 13.2. The Labute approximate surface area is 170 Å². The van der Waals surface area contributed by atoms with E-state index in [-0.39, 0.29) is 17.1 Å². The molecular formula is C21H19BrN2O4. The van der Waals surface area contributed by atoms with Gasteiger partial charge < -0.3 is 9.84 Å². The van der Waals surface area contributed by atoms with Gasteiger partial charge in [0.15, 0.2) is 12.4 Å².